The fourth-order valence-electron chi connectivity index (χ4n) is 1.00. The predicted octanol–water partition coefficient (Wildman–Crippen LogP) is -1.18. The van der Waals surface area contributed by atoms with Gasteiger partial charge in [-0.3, -0.25) is 4.79 Å². The van der Waals surface area contributed by atoms with E-state index in [9.17, 15) is 4.79 Å². The van der Waals surface area contributed by atoms with E-state index in [0.29, 0.717) is 5.78 Å². The minimum absolute atomic E-state index is 0.125. The Morgan fingerprint density at radius 1 is 0.882 bits per heavy atom. The standard InChI is InChI=1S/C6H10O.C3H8O3.C2H6O2/c7-6-4-2-1-3-5-6;4-1-3(6)2-5;3-1-2-4/h1-5H2;3-6H,1-2H2;3-4H,1-2H2. The summed E-state index contributed by atoms with van der Waals surface area (Å²) in [6.45, 7) is -0.979. The van der Waals surface area contributed by atoms with Crippen LogP contribution in [0.15, 0.2) is 0 Å². The zero-order chi connectivity index (χ0) is 13.5. The lowest BCUT2D eigenvalue weighted by Gasteiger charge is -2.05. The van der Waals surface area contributed by atoms with Gasteiger partial charge in [-0.2, -0.15) is 0 Å². The van der Waals surface area contributed by atoms with Gasteiger partial charge in [0.25, 0.3) is 0 Å². The molecule has 0 saturated heterocycles. The summed E-state index contributed by atoms with van der Waals surface area (Å²) in [5.74, 6) is 0.464. The maximum atomic E-state index is 10.5. The molecule has 1 aliphatic rings. The molecule has 1 aliphatic carbocycles. The maximum absolute atomic E-state index is 10.5. The first-order chi connectivity index (χ1) is 8.12. The largest absolute Gasteiger partial charge is 0.394 e. The number of hydrogen-bond acceptors (Lipinski definition) is 6. The van der Waals surface area contributed by atoms with E-state index in [2.05, 4.69) is 0 Å². The van der Waals surface area contributed by atoms with Gasteiger partial charge in [-0.1, -0.05) is 6.42 Å². The highest BCUT2D eigenvalue weighted by atomic mass is 16.3. The van der Waals surface area contributed by atoms with E-state index >= 15 is 0 Å². The zero-order valence-corrected chi connectivity index (χ0v) is 10.1. The van der Waals surface area contributed by atoms with Gasteiger partial charge in [0.05, 0.1) is 26.4 Å². The van der Waals surface area contributed by atoms with Crippen molar-refractivity contribution in [1.29, 1.82) is 0 Å². The van der Waals surface area contributed by atoms with Crippen molar-refractivity contribution in [3.05, 3.63) is 0 Å². The molecule has 1 saturated carbocycles. The van der Waals surface area contributed by atoms with E-state index in [-0.39, 0.29) is 26.4 Å². The summed E-state index contributed by atoms with van der Waals surface area (Å²) < 4.78 is 0. The number of rotatable bonds is 3. The van der Waals surface area contributed by atoms with Crippen LogP contribution >= 0.6 is 0 Å². The number of aliphatic hydroxyl groups is 5. The molecule has 0 heterocycles. The molecular formula is C11H24O6. The molecule has 104 valence electrons. The summed E-state index contributed by atoms with van der Waals surface area (Å²) in [6, 6.07) is 0. The van der Waals surface area contributed by atoms with Crippen molar-refractivity contribution < 1.29 is 30.3 Å². The Labute approximate surface area is 102 Å². The topological polar surface area (TPSA) is 118 Å². The Balaban J connectivity index is 0. The molecule has 0 radical (unpaired) electrons. The van der Waals surface area contributed by atoms with Gasteiger partial charge in [-0.15, -0.1) is 0 Å². The molecule has 0 amide bonds. The molecule has 6 heteroatoms. The number of aliphatic hydroxyl groups excluding tert-OH is 5. The van der Waals surface area contributed by atoms with Crippen LogP contribution in [0.1, 0.15) is 32.1 Å². The molecule has 1 fully saturated rings. The molecule has 17 heavy (non-hydrogen) atoms. The van der Waals surface area contributed by atoms with Crippen LogP contribution in [0.2, 0.25) is 0 Å². The second-order valence-corrected chi connectivity index (χ2v) is 3.57. The summed E-state index contributed by atoms with van der Waals surface area (Å²) >= 11 is 0. The second kappa shape index (κ2) is 15.5. The number of hydrogen-bond donors (Lipinski definition) is 5. The summed E-state index contributed by atoms with van der Waals surface area (Å²) in [6.07, 6.45) is 4.29. The predicted molar refractivity (Wildman–Crippen MR) is 62.4 cm³/mol. The molecule has 0 atom stereocenters. The van der Waals surface area contributed by atoms with Gasteiger partial charge >= 0.3 is 0 Å². The fourth-order valence-corrected chi connectivity index (χ4v) is 1.00. The Hall–Kier alpha value is -0.530. The highest BCUT2D eigenvalue weighted by molar-refractivity contribution is 5.78. The van der Waals surface area contributed by atoms with Gasteiger partial charge in [0.15, 0.2) is 0 Å². The first-order valence-electron chi connectivity index (χ1n) is 5.75. The van der Waals surface area contributed by atoms with Crippen LogP contribution in [0, 0.1) is 0 Å². The summed E-state index contributed by atoms with van der Waals surface area (Å²) in [7, 11) is 0. The van der Waals surface area contributed by atoms with Crippen molar-refractivity contribution in [2.24, 2.45) is 0 Å². The van der Waals surface area contributed by atoms with Crippen LogP contribution in [0.4, 0.5) is 0 Å². The van der Waals surface area contributed by atoms with Crippen molar-refractivity contribution in [2.45, 2.75) is 38.2 Å². The highest BCUT2D eigenvalue weighted by Crippen LogP contribution is 2.12. The van der Waals surface area contributed by atoms with Gasteiger partial charge in [0, 0.05) is 12.8 Å². The Bertz CT molecular complexity index is 148. The van der Waals surface area contributed by atoms with Crippen LogP contribution in [0.25, 0.3) is 0 Å². The fraction of sp³-hybridized carbons (Fsp3) is 0.909. The van der Waals surface area contributed by atoms with E-state index in [4.69, 9.17) is 25.5 Å². The van der Waals surface area contributed by atoms with Crippen molar-refractivity contribution in [3.63, 3.8) is 0 Å². The third kappa shape index (κ3) is 18.1. The van der Waals surface area contributed by atoms with Crippen molar-refractivity contribution >= 4 is 5.78 Å². The minimum Gasteiger partial charge on any atom is -0.394 e. The van der Waals surface area contributed by atoms with E-state index in [1.807, 2.05) is 0 Å². The number of Topliss-reactive ketones (excluding diaryl/α,β-unsaturated/α-hetero) is 1. The lowest BCUT2D eigenvalue weighted by molar-refractivity contribution is -0.120. The van der Waals surface area contributed by atoms with Gasteiger partial charge in [0.1, 0.15) is 11.9 Å². The summed E-state index contributed by atoms with van der Waals surface area (Å²) in [4.78, 5) is 10.5. The molecule has 5 N–H and O–H groups in total. The van der Waals surface area contributed by atoms with Crippen LogP contribution in [0.5, 0.6) is 0 Å². The molecule has 6 nitrogen and oxygen atoms in total. The lowest BCUT2D eigenvalue weighted by atomic mass is 10.00. The molecule has 0 aliphatic heterocycles. The molecule has 0 aromatic rings. The average Bonchev–Trinajstić information content (AvgIpc) is 2.39. The molecule has 0 aromatic heterocycles. The quantitative estimate of drug-likeness (QED) is 0.431. The van der Waals surface area contributed by atoms with E-state index in [0.717, 1.165) is 25.7 Å². The smallest absolute Gasteiger partial charge is 0.132 e. The molecule has 0 unspecified atom stereocenters. The number of carbonyl (C=O) groups is 1. The van der Waals surface area contributed by atoms with E-state index < -0.39 is 6.10 Å². The number of ketones is 1. The van der Waals surface area contributed by atoms with Crippen LogP contribution in [0.3, 0.4) is 0 Å². The third-order valence-electron chi connectivity index (χ3n) is 1.93. The van der Waals surface area contributed by atoms with Crippen LogP contribution in [-0.4, -0.2) is 63.8 Å². The molecule has 0 bridgehead atoms. The third-order valence-corrected chi connectivity index (χ3v) is 1.93. The number of carbonyl (C=O) groups excluding carboxylic acids is 1. The SMILES string of the molecule is O=C1CCCCC1.OCC(O)CO.OCCO. The first kappa shape index (κ1) is 18.8. The summed E-state index contributed by atoms with van der Waals surface area (Å²) in [5.41, 5.74) is 0. The maximum Gasteiger partial charge on any atom is 0.132 e. The highest BCUT2D eigenvalue weighted by Gasteiger charge is 2.05. The lowest BCUT2D eigenvalue weighted by Crippen LogP contribution is -2.15. The molecule has 1 rings (SSSR count). The van der Waals surface area contributed by atoms with E-state index in [1.165, 1.54) is 6.42 Å². The second-order valence-electron chi connectivity index (χ2n) is 3.57. The van der Waals surface area contributed by atoms with Gasteiger partial charge < -0.3 is 25.5 Å². The molecule has 0 aromatic carbocycles. The van der Waals surface area contributed by atoms with Gasteiger partial charge in [0.2, 0.25) is 0 Å². The minimum atomic E-state index is -0.954. The van der Waals surface area contributed by atoms with E-state index in [1.54, 1.807) is 0 Å². The molecule has 0 spiro atoms. The van der Waals surface area contributed by atoms with Crippen molar-refractivity contribution in [2.75, 3.05) is 26.4 Å². The normalized spacial score (nSPS) is 14.6. The zero-order valence-electron chi connectivity index (χ0n) is 10.1. The Morgan fingerprint density at radius 3 is 1.41 bits per heavy atom. The van der Waals surface area contributed by atoms with Crippen LogP contribution < -0.4 is 0 Å². The summed E-state index contributed by atoms with van der Waals surface area (Å²) in [5, 5.41) is 39.3. The van der Waals surface area contributed by atoms with Crippen molar-refractivity contribution in [3.8, 4) is 0 Å². The monoisotopic (exact) mass is 252 g/mol. The van der Waals surface area contributed by atoms with Crippen molar-refractivity contribution in [1.82, 2.24) is 0 Å². The first-order valence-corrected chi connectivity index (χ1v) is 5.75. The average molecular weight is 252 g/mol. The molecular weight excluding hydrogens is 228 g/mol. The van der Waals surface area contributed by atoms with Crippen LogP contribution in [-0.2, 0) is 4.79 Å². The Kier molecular flexibility index (Phi) is 17.1. The van der Waals surface area contributed by atoms with Gasteiger partial charge in [-0.05, 0) is 12.8 Å². The van der Waals surface area contributed by atoms with Gasteiger partial charge in [-0.25, -0.2) is 0 Å². The Morgan fingerprint density at radius 2 is 1.29 bits per heavy atom.